The van der Waals surface area contributed by atoms with Gasteiger partial charge in [0.2, 0.25) is 11.8 Å². The molecule has 2 unspecified atom stereocenters. The summed E-state index contributed by atoms with van der Waals surface area (Å²) in [5.74, 6) is 0.377. The normalized spacial score (nSPS) is 26.3. The topological polar surface area (TPSA) is 49.4 Å². The van der Waals surface area contributed by atoms with E-state index in [0.717, 1.165) is 4.88 Å². The summed E-state index contributed by atoms with van der Waals surface area (Å²) in [4.78, 5) is 28.2. The van der Waals surface area contributed by atoms with Crippen molar-refractivity contribution in [2.45, 2.75) is 58.7 Å². The third-order valence-electron chi connectivity index (χ3n) is 4.24. The minimum Gasteiger partial charge on any atom is -0.342 e. The molecular formula is C16H24N2O2S. The Hall–Kier alpha value is -1.36. The highest BCUT2D eigenvalue weighted by Crippen LogP contribution is 2.29. The number of nitrogens with one attached hydrogen (secondary N) is 1. The average molecular weight is 308 g/mol. The van der Waals surface area contributed by atoms with E-state index in [4.69, 9.17) is 0 Å². The Kier molecular flexibility index (Phi) is 4.71. The molecule has 4 nitrogen and oxygen atoms in total. The van der Waals surface area contributed by atoms with E-state index in [1.54, 1.807) is 16.2 Å². The van der Waals surface area contributed by atoms with Crippen LogP contribution in [0.1, 0.15) is 45.4 Å². The standard InChI is InChI=1S/C16H24N2O2S/c1-5-16(4)15(20)17-13(9-11(2)3)14(19)18(16)10-12-7-6-8-21-12/h6-8,11,13H,5,9-10H2,1-4H3,(H,17,20). The summed E-state index contributed by atoms with van der Waals surface area (Å²) >= 11 is 1.62. The van der Waals surface area contributed by atoms with E-state index in [0.29, 0.717) is 25.3 Å². The highest BCUT2D eigenvalue weighted by molar-refractivity contribution is 7.09. The second-order valence-electron chi connectivity index (χ2n) is 6.29. The van der Waals surface area contributed by atoms with Crippen LogP contribution in [-0.4, -0.2) is 28.3 Å². The molecule has 2 atom stereocenters. The van der Waals surface area contributed by atoms with Crippen molar-refractivity contribution in [1.29, 1.82) is 0 Å². The maximum atomic E-state index is 12.8. The number of hydrogen-bond donors (Lipinski definition) is 1. The first-order valence-corrected chi connectivity index (χ1v) is 8.41. The molecule has 116 valence electrons. The van der Waals surface area contributed by atoms with Crippen LogP contribution >= 0.6 is 11.3 Å². The molecule has 1 aromatic rings. The average Bonchev–Trinajstić information content (AvgIpc) is 2.93. The Morgan fingerprint density at radius 1 is 1.43 bits per heavy atom. The van der Waals surface area contributed by atoms with Crippen LogP contribution in [0.2, 0.25) is 0 Å². The van der Waals surface area contributed by atoms with Gasteiger partial charge in [0.05, 0.1) is 6.54 Å². The highest BCUT2D eigenvalue weighted by Gasteiger charge is 2.48. The Balaban J connectivity index is 2.28. The molecule has 2 rings (SSSR count). The second-order valence-corrected chi connectivity index (χ2v) is 7.32. The summed E-state index contributed by atoms with van der Waals surface area (Å²) < 4.78 is 0. The first kappa shape index (κ1) is 16.0. The quantitative estimate of drug-likeness (QED) is 0.909. The lowest BCUT2D eigenvalue weighted by atomic mass is 9.88. The fourth-order valence-electron chi connectivity index (χ4n) is 2.72. The molecule has 5 heteroatoms. The van der Waals surface area contributed by atoms with Gasteiger partial charge in [0.15, 0.2) is 0 Å². The number of carbonyl (C=O) groups is 2. The zero-order chi connectivity index (χ0) is 15.6. The van der Waals surface area contributed by atoms with Gasteiger partial charge in [0, 0.05) is 4.88 Å². The summed E-state index contributed by atoms with van der Waals surface area (Å²) in [6.07, 6.45) is 1.30. The van der Waals surface area contributed by atoms with Crippen molar-refractivity contribution in [1.82, 2.24) is 10.2 Å². The molecule has 0 saturated carbocycles. The van der Waals surface area contributed by atoms with Crippen LogP contribution in [0.15, 0.2) is 17.5 Å². The molecule has 1 N–H and O–H groups in total. The maximum absolute atomic E-state index is 12.8. The van der Waals surface area contributed by atoms with Crippen molar-refractivity contribution in [3.05, 3.63) is 22.4 Å². The van der Waals surface area contributed by atoms with Crippen LogP contribution in [0, 0.1) is 5.92 Å². The van der Waals surface area contributed by atoms with Crippen LogP contribution in [0.3, 0.4) is 0 Å². The van der Waals surface area contributed by atoms with Gasteiger partial charge in [0.25, 0.3) is 0 Å². The Bertz CT molecular complexity index is 512. The van der Waals surface area contributed by atoms with Crippen LogP contribution in [0.4, 0.5) is 0 Å². The van der Waals surface area contributed by atoms with Crippen molar-refractivity contribution in [2.75, 3.05) is 0 Å². The van der Waals surface area contributed by atoms with E-state index < -0.39 is 11.6 Å². The minimum atomic E-state index is -0.755. The molecule has 0 radical (unpaired) electrons. The SMILES string of the molecule is CCC1(C)C(=O)NC(CC(C)C)C(=O)N1Cc1cccs1. The number of amides is 2. The van der Waals surface area contributed by atoms with Crippen LogP contribution in [-0.2, 0) is 16.1 Å². The van der Waals surface area contributed by atoms with Crippen molar-refractivity contribution < 1.29 is 9.59 Å². The molecule has 1 aliphatic rings. The van der Waals surface area contributed by atoms with Gasteiger partial charge < -0.3 is 10.2 Å². The largest absolute Gasteiger partial charge is 0.342 e. The summed E-state index contributed by atoms with van der Waals surface area (Å²) in [6.45, 7) is 8.46. The Morgan fingerprint density at radius 2 is 2.14 bits per heavy atom. The third-order valence-corrected chi connectivity index (χ3v) is 5.11. The highest BCUT2D eigenvalue weighted by atomic mass is 32.1. The maximum Gasteiger partial charge on any atom is 0.246 e. The zero-order valence-corrected chi connectivity index (χ0v) is 14.0. The predicted octanol–water partition coefficient (Wildman–Crippen LogP) is 2.79. The number of thiophene rings is 1. The van der Waals surface area contributed by atoms with Crippen molar-refractivity contribution in [3.8, 4) is 0 Å². The van der Waals surface area contributed by atoms with E-state index in [1.165, 1.54) is 0 Å². The molecule has 1 aromatic heterocycles. The molecule has 1 fully saturated rings. The first-order chi connectivity index (χ1) is 9.88. The van der Waals surface area contributed by atoms with Crippen LogP contribution < -0.4 is 5.32 Å². The monoisotopic (exact) mass is 308 g/mol. The van der Waals surface area contributed by atoms with Gasteiger partial charge in [-0.2, -0.15) is 0 Å². The van der Waals surface area contributed by atoms with E-state index >= 15 is 0 Å². The number of carbonyl (C=O) groups excluding carboxylic acids is 2. The van der Waals surface area contributed by atoms with Crippen LogP contribution in [0.25, 0.3) is 0 Å². The van der Waals surface area contributed by atoms with E-state index in [2.05, 4.69) is 19.2 Å². The Morgan fingerprint density at radius 3 is 2.67 bits per heavy atom. The van der Waals surface area contributed by atoms with Gasteiger partial charge in [-0.05, 0) is 37.1 Å². The lowest BCUT2D eigenvalue weighted by Crippen LogP contribution is -2.69. The van der Waals surface area contributed by atoms with Gasteiger partial charge in [0.1, 0.15) is 11.6 Å². The lowest BCUT2D eigenvalue weighted by molar-refractivity contribution is -0.158. The molecule has 21 heavy (non-hydrogen) atoms. The Labute approximate surface area is 130 Å². The molecule has 0 aromatic carbocycles. The minimum absolute atomic E-state index is 0.0354. The molecule has 0 bridgehead atoms. The van der Waals surface area contributed by atoms with E-state index in [9.17, 15) is 9.59 Å². The number of nitrogens with zero attached hydrogens (tertiary/aromatic N) is 1. The molecule has 2 heterocycles. The second kappa shape index (κ2) is 6.18. The zero-order valence-electron chi connectivity index (χ0n) is 13.2. The smallest absolute Gasteiger partial charge is 0.246 e. The summed E-state index contributed by atoms with van der Waals surface area (Å²) in [5.41, 5.74) is -0.755. The number of piperazine rings is 1. The molecule has 0 spiro atoms. The van der Waals surface area contributed by atoms with Crippen molar-refractivity contribution in [3.63, 3.8) is 0 Å². The van der Waals surface area contributed by atoms with Gasteiger partial charge in [-0.15, -0.1) is 11.3 Å². The third kappa shape index (κ3) is 3.12. The predicted molar refractivity (Wildman–Crippen MR) is 85.0 cm³/mol. The van der Waals surface area contributed by atoms with Crippen LogP contribution in [0.5, 0.6) is 0 Å². The number of rotatable bonds is 5. The molecular weight excluding hydrogens is 284 g/mol. The molecule has 1 aliphatic heterocycles. The molecule has 0 aliphatic carbocycles. The fourth-order valence-corrected chi connectivity index (χ4v) is 3.42. The lowest BCUT2D eigenvalue weighted by Gasteiger charge is -2.46. The first-order valence-electron chi connectivity index (χ1n) is 7.53. The molecule has 2 amide bonds. The van der Waals surface area contributed by atoms with Gasteiger partial charge in [-0.3, -0.25) is 9.59 Å². The number of hydrogen-bond acceptors (Lipinski definition) is 3. The van der Waals surface area contributed by atoms with Gasteiger partial charge in [-0.25, -0.2) is 0 Å². The van der Waals surface area contributed by atoms with Crippen molar-refractivity contribution in [2.24, 2.45) is 5.92 Å². The van der Waals surface area contributed by atoms with Crippen molar-refractivity contribution >= 4 is 23.2 Å². The summed E-state index contributed by atoms with van der Waals surface area (Å²) in [6, 6.07) is 3.60. The molecule has 1 saturated heterocycles. The fraction of sp³-hybridized carbons (Fsp3) is 0.625. The van der Waals surface area contributed by atoms with E-state index in [1.807, 2.05) is 31.4 Å². The van der Waals surface area contributed by atoms with E-state index in [-0.39, 0.29) is 11.8 Å². The summed E-state index contributed by atoms with van der Waals surface area (Å²) in [5, 5.41) is 4.92. The van der Waals surface area contributed by atoms with Gasteiger partial charge in [-0.1, -0.05) is 26.8 Å². The summed E-state index contributed by atoms with van der Waals surface area (Å²) in [7, 11) is 0. The van der Waals surface area contributed by atoms with Gasteiger partial charge >= 0.3 is 0 Å².